The third kappa shape index (κ3) is 4.60. The maximum Gasteiger partial charge on any atom is 0.264 e. The van der Waals surface area contributed by atoms with Crippen LogP contribution in [0.1, 0.15) is 30.1 Å². The highest BCUT2D eigenvalue weighted by molar-refractivity contribution is 7.92. The average Bonchev–Trinajstić information content (AvgIpc) is 3.36. The molecule has 0 bridgehead atoms. The zero-order valence-corrected chi connectivity index (χ0v) is 18.8. The van der Waals surface area contributed by atoms with Crippen LogP contribution in [0.4, 0.5) is 17.2 Å². The fraction of sp³-hybridized carbons (Fsp3) is 0.250. The van der Waals surface area contributed by atoms with E-state index in [9.17, 15) is 13.2 Å². The first-order valence-electron chi connectivity index (χ1n) is 10.7. The molecule has 0 spiro atoms. The Bertz CT molecular complexity index is 1180. The van der Waals surface area contributed by atoms with E-state index in [1.165, 1.54) is 29.3 Å². The number of pyridine rings is 1. The number of carbonyl (C=O) groups excluding carboxylic acids is 1. The molecule has 1 aliphatic rings. The predicted octanol–water partition coefficient (Wildman–Crippen LogP) is 4.15. The summed E-state index contributed by atoms with van der Waals surface area (Å²) in [5, 5.41) is 2.75. The third-order valence-corrected chi connectivity index (χ3v) is 7.38. The maximum absolute atomic E-state index is 13.2. The normalized spacial score (nSPS) is 13.7. The molecule has 7 nitrogen and oxygen atoms in total. The van der Waals surface area contributed by atoms with Gasteiger partial charge in [0.1, 0.15) is 5.82 Å². The monoisotopic (exact) mass is 450 g/mol. The molecule has 1 aromatic heterocycles. The number of rotatable bonds is 7. The summed E-state index contributed by atoms with van der Waals surface area (Å²) in [5.74, 6) is 0.0110. The minimum atomic E-state index is -3.82. The first kappa shape index (κ1) is 21.8. The number of amides is 1. The van der Waals surface area contributed by atoms with Gasteiger partial charge in [-0.1, -0.05) is 24.3 Å². The Labute approximate surface area is 188 Å². The zero-order valence-electron chi connectivity index (χ0n) is 17.9. The highest BCUT2D eigenvalue weighted by Gasteiger charge is 2.24. The van der Waals surface area contributed by atoms with Crippen LogP contribution in [0.5, 0.6) is 0 Å². The van der Waals surface area contributed by atoms with Crippen molar-refractivity contribution in [3.8, 4) is 0 Å². The quantitative estimate of drug-likeness (QED) is 0.585. The van der Waals surface area contributed by atoms with Crippen LogP contribution in [0.15, 0.2) is 77.8 Å². The number of hydrogen-bond donors (Lipinski definition) is 1. The van der Waals surface area contributed by atoms with Crippen molar-refractivity contribution >= 4 is 33.1 Å². The minimum Gasteiger partial charge on any atom is -0.370 e. The number of hydrogen-bond acceptors (Lipinski definition) is 5. The second-order valence-corrected chi connectivity index (χ2v) is 9.45. The Kier molecular flexibility index (Phi) is 6.41. The standard InChI is InChI=1S/C24H26N4O3S/c1-2-28(20-10-4-3-5-11-20)32(30,31)22-12-8-9-19(17-22)24(29)26-23-14-13-21(18-25-23)27-15-6-7-16-27/h3-5,8-14,17-18H,2,6-7,15-16H2,1H3,(H,25,26,29). The van der Waals surface area contributed by atoms with Gasteiger partial charge in [0.25, 0.3) is 15.9 Å². The van der Waals surface area contributed by atoms with Gasteiger partial charge >= 0.3 is 0 Å². The van der Waals surface area contributed by atoms with Crippen LogP contribution in [0.25, 0.3) is 0 Å². The number of benzene rings is 2. The summed E-state index contributed by atoms with van der Waals surface area (Å²) in [6.07, 6.45) is 4.11. The molecule has 3 aromatic rings. The molecule has 166 valence electrons. The van der Waals surface area contributed by atoms with E-state index in [1.807, 2.05) is 12.1 Å². The van der Waals surface area contributed by atoms with Gasteiger partial charge in [-0.3, -0.25) is 9.10 Å². The summed E-state index contributed by atoms with van der Waals surface area (Å²) in [7, 11) is -3.82. The van der Waals surface area contributed by atoms with E-state index in [-0.39, 0.29) is 17.0 Å². The number of anilines is 3. The van der Waals surface area contributed by atoms with Crippen LogP contribution >= 0.6 is 0 Å². The number of sulfonamides is 1. The lowest BCUT2D eigenvalue weighted by atomic mass is 10.2. The molecule has 2 heterocycles. The van der Waals surface area contributed by atoms with E-state index in [0.29, 0.717) is 11.5 Å². The van der Waals surface area contributed by atoms with Crippen LogP contribution in [-0.4, -0.2) is 38.9 Å². The lowest BCUT2D eigenvalue weighted by Gasteiger charge is -2.23. The van der Waals surface area contributed by atoms with Crippen LogP contribution in [0.2, 0.25) is 0 Å². The molecular formula is C24H26N4O3S. The van der Waals surface area contributed by atoms with Crippen molar-refractivity contribution in [1.29, 1.82) is 0 Å². The van der Waals surface area contributed by atoms with Crippen LogP contribution in [-0.2, 0) is 10.0 Å². The predicted molar refractivity (Wildman–Crippen MR) is 127 cm³/mol. The topological polar surface area (TPSA) is 82.6 Å². The number of para-hydroxylation sites is 1. The Morgan fingerprint density at radius 1 is 1.03 bits per heavy atom. The van der Waals surface area contributed by atoms with Crippen molar-refractivity contribution in [1.82, 2.24) is 4.98 Å². The molecular weight excluding hydrogens is 424 g/mol. The number of carbonyl (C=O) groups is 1. The molecule has 1 fully saturated rings. The third-order valence-electron chi connectivity index (χ3n) is 5.48. The summed E-state index contributed by atoms with van der Waals surface area (Å²) in [6.45, 7) is 4.09. The molecule has 0 aliphatic carbocycles. The van der Waals surface area contributed by atoms with Gasteiger partial charge in [-0.15, -0.1) is 0 Å². The highest BCUT2D eigenvalue weighted by Crippen LogP contribution is 2.24. The molecule has 1 aliphatic heterocycles. The summed E-state index contributed by atoms with van der Waals surface area (Å²) >= 11 is 0. The van der Waals surface area contributed by atoms with Crippen molar-refractivity contribution in [3.05, 3.63) is 78.5 Å². The molecule has 8 heteroatoms. The largest absolute Gasteiger partial charge is 0.370 e. The van der Waals surface area contributed by atoms with Crippen molar-refractivity contribution < 1.29 is 13.2 Å². The summed E-state index contributed by atoms with van der Waals surface area (Å²) in [6, 6.07) is 18.7. The first-order valence-corrected chi connectivity index (χ1v) is 12.1. The molecule has 32 heavy (non-hydrogen) atoms. The van der Waals surface area contributed by atoms with Gasteiger partial charge in [-0.25, -0.2) is 13.4 Å². The molecule has 0 unspecified atom stereocenters. The maximum atomic E-state index is 13.2. The molecule has 4 rings (SSSR count). The van der Waals surface area contributed by atoms with Crippen molar-refractivity contribution in [3.63, 3.8) is 0 Å². The fourth-order valence-electron chi connectivity index (χ4n) is 3.82. The highest BCUT2D eigenvalue weighted by atomic mass is 32.2. The molecule has 1 N–H and O–H groups in total. The second-order valence-electron chi connectivity index (χ2n) is 7.58. The van der Waals surface area contributed by atoms with Crippen molar-refractivity contribution in [2.24, 2.45) is 0 Å². The van der Waals surface area contributed by atoms with Crippen LogP contribution < -0.4 is 14.5 Å². The van der Waals surface area contributed by atoms with Gasteiger partial charge in [-0.2, -0.15) is 0 Å². The van der Waals surface area contributed by atoms with Gasteiger partial charge in [0.2, 0.25) is 0 Å². The van der Waals surface area contributed by atoms with Crippen LogP contribution in [0, 0.1) is 0 Å². The van der Waals surface area contributed by atoms with Gasteiger partial charge in [0.05, 0.1) is 22.5 Å². The second kappa shape index (κ2) is 9.40. The van der Waals surface area contributed by atoms with E-state index in [1.54, 1.807) is 55.6 Å². The smallest absolute Gasteiger partial charge is 0.264 e. The van der Waals surface area contributed by atoms with Crippen LogP contribution in [0.3, 0.4) is 0 Å². The van der Waals surface area contributed by atoms with Gasteiger partial charge < -0.3 is 10.2 Å². The van der Waals surface area contributed by atoms with Crippen molar-refractivity contribution in [2.75, 3.05) is 34.2 Å². The number of nitrogens with one attached hydrogen (secondary N) is 1. The fourth-order valence-corrected chi connectivity index (χ4v) is 5.34. The molecule has 0 saturated carbocycles. The van der Waals surface area contributed by atoms with E-state index in [4.69, 9.17) is 0 Å². The molecule has 1 amide bonds. The van der Waals surface area contributed by atoms with E-state index >= 15 is 0 Å². The Hall–Kier alpha value is -3.39. The Balaban J connectivity index is 1.52. The summed E-state index contributed by atoms with van der Waals surface area (Å²) in [5.41, 5.74) is 1.86. The van der Waals surface area contributed by atoms with Gasteiger partial charge in [0.15, 0.2) is 0 Å². The van der Waals surface area contributed by atoms with Crippen molar-refractivity contribution in [2.45, 2.75) is 24.7 Å². The molecule has 2 aromatic carbocycles. The molecule has 0 radical (unpaired) electrons. The van der Waals surface area contributed by atoms with E-state index < -0.39 is 15.9 Å². The van der Waals surface area contributed by atoms with E-state index in [0.717, 1.165) is 18.8 Å². The van der Waals surface area contributed by atoms with E-state index in [2.05, 4.69) is 15.2 Å². The van der Waals surface area contributed by atoms with Gasteiger partial charge in [-0.05, 0) is 62.2 Å². The number of nitrogens with zero attached hydrogens (tertiary/aromatic N) is 3. The van der Waals surface area contributed by atoms with Gasteiger partial charge in [0, 0.05) is 25.2 Å². The zero-order chi connectivity index (χ0) is 22.6. The lowest BCUT2D eigenvalue weighted by molar-refractivity contribution is 0.102. The number of aromatic nitrogens is 1. The molecule has 1 saturated heterocycles. The summed E-state index contributed by atoms with van der Waals surface area (Å²) in [4.78, 5) is 19.4. The summed E-state index contributed by atoms with van der Waals surface area (Å²) < 4.78 is 27.8. The first-order chi connectivity index (χ1) is 15.5. The minimum absolute atomic E-state index is 0.0631. The Morgan fingerprint density at radius 2 is 1.78 bits per heavy atom. The molecule has 0 atom stereocenters. The lowest BCUT2D eigenvalue weighted by Crippen LogP contribution is -2.31. The SMILES string of the molecule is CCN(c1ccccc1)S(=O)(=O)c1cccc(C(=O)Nc2ccc(N3CCCC3)cn2)c1. The average molecular weight is 451 g/mol. The Morgan fingerprint density at radius 3 is 2.44 bits per heavy atom.